The number of halogens is 4. The molecule has 2 unspecified atom stereocenters. The van der Waals surface area contributed by atoms with Crippen LogP contribution in [0.1, 0.15) is 58.5 Å². The van der Waals surface area contributed by atoms with E-state index in [1.165, 1.54) is 0 Å². The van der Waals surface area contributed by atoms with Gasteiger partial charge in [-0.15, -0.1) is 0 Å². The Morgan fingerprint density at radius 3 is 1.37 bits per heavy atom. The SMILES string of the molecule is CCC1Cc2cc(OCC(=O)O)c(Cl)c(Cl)c2C1=O.CCC1Cc2cc(OCC(=O)O)c(Cl)c(Cl)c2C1=O. The topological polar surface area (TPSA) is 127 Å². The minimum absolute atomic E-state index is 0.00538. The number of ketones is 2. The highest BCUT2D eigenvalue weighted by Gasteiger charge is 2.34. The van der Waals surface area contributed by atoms with E-state index < -0.39 is 25.2 Å². The minimum Gasteiger partial charge on any atom is -0.480 e. The van der Waals surface area contributed by atoms with Crippen molar-refractivity contribution in [3.05, 3.63) is 54.5 Å². The molecule has 2 atom stereocenters. The van der Waals surface area contributed by atoms with E-state index in [4.69, 9.17) is 66.1 Å². The van der Waals surface area contributed by atoms with Gasteiger partial charge < -0.3 is 19.7 Å². The highest BCUT2D eigenvalue weighted by Crippen LogP contribution is 2.44. The predicted molar refractivity (Wildman–Crippen MR) is 143 cm³/mol. The molecule has 0 amide bonds. The summed E-state index contributed by atoms with van der Waals surface area (Å²) in [6.45, 7) is 2.87. The Morgan fingerprint density at radius 2 is 1.08 bits per heavy atom. The van der Waals surface area contributed by atoms with Gasteiger partial charge in [-0.1, -0.05) is 60.3 Å². The molecule has 0 radical (unpaired) electrons. The van der Waals surface area contributed by atoms with Crippen molar-refractivity contribution in [1.29, 1.82) is 0 Å². The van der Waals surface area contributed by atoms with Gasteiger partial charge in [-0.3, -0.25) is 9.59 Å². The van der Waals surface area contributed by atoms with Crippen LogP contribution in [-0.4, -0.2) is 46.9 Å². The van der Waals surface area contributed by atoms with E-state index in [2.05, 4.69) is 0 Å². The lowest BCUT2D eigenvalue weighted by atomic mass is 10.0. The molecule has 2 aliphatic carbocycles. The Kier molecular flexibility index (Phi) is 9.92. The van der Waals surface area contributed by atoms with Crippen molar-refractivity contribution in [2.75, 3.05) is 13.2 Å². The van der Waals surface area contributed by atoms with Crippen LogP contribution >= 0.6 is 46.4 Å². The lowest BCUT2D eigenvalue weighted by Crippen LogP contribution is -2.10. The highest BCUT2D eigenvalue weighted by molar-refractivity contribution is 6.46. The maximum absolute atomic E-state index is 12.1. The second-order valence-corrected chi connectivity index (χ2v) is 10.3. The number of hydrogen-bond acceptors (Lipinski definition) is 6. The lowest BCUT2D eigenvalue weighted by Gasteiger charge is -2.10. The number of fused-ring (bicyclic) bond motifs is 2. The number of Topliss-reactive ketones (excluding diaryl/α,β-unsaturated/α-hetero) is 2. The van der Waals surface area contributed by atoms with Crippen LogP contribution in [0.3, 0.4) is 0 Å². The van der Waals surface area contributed by atoms with E-state index in [0.717, 1.165) is 24.0 Å². The van der Waals surface area contributed by atoms with Crippen LogP contribution in [-0.2, 0) is 22.4 Å². The number of hydrogen-bond donors (Lipinski definition) is 2. The van der Waals surface area contributed by atoms with Crippen LogP contribution in [0, 0.1) is 11.8 Å². The Hall–Kier alpha value is -2.52. The van der Waals surface area contributed by atoms with E-state index in [-0.39, 0.29) is 55.0 Å². The number of rotatable bonds is 8. The molecule has 2 aromatic carbocycles. The molecule has 0 heterocycles. The summed E-state index contributed by atoms with van der Waals surface area (Å²) in [5.41, 5.74) is 2.43. The number of carbonyl (C=O) groups excluding carboxylic acids is 2. The first-order chi connectivity index (χ1) is 17.9. The summed E-state index contributed by atoms with van der Waals surface area (Å²) >= 11 is 24.2. The Morgan fingerprint density at radius 1 is 0.737 bits per heavy atom. The number of carboxylic acid groups (broad SMARTS) is 2. The van der Waals surface area contributed by atoms with Crippen molar-refractivity contribution in [2.24, 2.45) is 11.8 Å². The maximum atomic E-state index is 12.1. The summed E-state index contributed by atoms with van der Waals surface area (Å²) in [6.07, 6.45) is 2.63. The molecule has 4 rings (SSSR count). The summed E-state index contributed by atoms with van der Waals surface area (Å²) in [5.74, 6) is -1.97. The average Bonchev–Trinajstić information content (AvgIpc) is 3.37. The van der Waals surface area contributed by atoms with Gasteiger partial charge in [-0.05, 0) is 48.9 Å². The molecule has 0 bridgehead atoms. The zero-order valence-corrected chi connectivity index (χ0v) is 23.4. The quantitative estimate of drug-likeness (QED) is 0.352. The number of ether oxygens (including phenoxy) is 2. The fourth-order valence-electron chi connectivity index (χ4n) is 4.43. The predicted octanol–water partition coefficient (Wildman–Crippen LogP) is 6.44. The molecular formula is C26H24Cl4O8. The number of benzene rings is 2. The van der Waals surface area contributed by atoms with Crippen molar-refractivity contribution in [2.45, 2.75) is 39.5 Å². The van der Waals surface area contributed by atoms with Gasteiger partial charge in [0.25, 0.3) is 0 Å². The van der Waals surface area contributed by atoms with Gasteiger partial charge in [-0.25, -0.2) is 9.59 Å². The second kappa shape index (κ2) is 12.6. The molecule has 204 valence electrons. The van der Waals surface area contributed by atoms with Crippen LogP contribution in [0.2, 0.25) is 20.1 Å². The van der Waals surface area contributed by atoms with Gasteiger partial charge in [0, 0.05) is 23.0 Å². The molecule has 8 nitrogen and oxygen atoms in total. The normalized spacial score (nSPS) is 17.4. The third-order valence-electron chi connectivity index (χ3n) is 6.36. The summed E-state index contributed by atoms with van der Waals surface area (Å²) in [4.78, 5) is 45.2. The Bertz CT molecular complexity index is 1210. The van der Waals surface area contributed by atoms with Crippen molar-refractivity contribution >= 4 is 69.9 Å². The summed E-state index contributed by atoms with van der Waals surface area (Å²) in [7, 11) is 0. The first-order valence-electron chi connectivity index (χ1n) is 11.7. The lowest BCUT2D eigenvalue weighted by molar-refractivity contribution is -0.140. The van der Waals surface area contributed by atoms with Crippen molar-refractivity contribution < 1.29 is 38.9 Å². The van der Waals surface area contributed by atoms with E-state index in [0.29, 0.717) is 24.0 Å². The molecule has 0 fully saturated rings. The van der Waals surface area contributed by atoms with Crippen LogP contribution in [0.4, 0.5) is 0 Å². The molecule has 0 saturated heterocycles. The Balaban J connectivity index is 0.000000211. The van der Waals surface area contributed by atoms with Crippen molar-refractivity contribution in [3.63, 3.8) is 0 Å². The summed E-state index contributed by atoms with van der Waals surface area (Å²) in [6, 6.07) is 3.22. The summed E-state index contributed by atoms with van der Waals surface area (Å²) < 4.78 is 10.2. The fraction of sp³-hybridized carbons (Fsp3) is 0.385. The first kappa shape index (κ1) is 30.0. The van der Waals surface area contributed by atoms with E-state index >= 15 is 0 Å². The molecule has 0 aliphatic heterocycles. The molecule has 0 aromatic heterocycles. The molecule has 12 heteroatoms. The van der Waals surface area contributed by atoms with Gasteiger partial charge in [0.2, 0.25) is 0 Å². The van der Waals surface area contributed by atoms with E-state index in [1.807, 2.05) is 13.8 Å². The van der Waals surface area contributed by atoms with E-state index in [9.17, 15) is 19.2 Å². The molecule has 2 aromatic rings. The average molecular weight is 606 g/mol. The van der Waals surface area contributed by atoms with Crippen LogP contribution in [0.15, 0.2) is 12.1 Å². The molecule has 0 spiro atoms. The van der Waals surface area contributed by atoms with Crippen molar-refractivity contribution in [1.82, 2.24) is 0 Å². The van der Waals surface area contributed by atoms with Crippen LogP contribution in [0.5, 0.6) is 11.5 Å². The fourth-order valence-corrected chi connectivity index (χ4v) is 5.46. The zero-order valence-electron chi connectivity index (χ0n) is 20.4. The monoisotopic (exact) mass is 604 g/mol. The Labute approximate surface area is 238 Å². The summed E-state index contributed by atoms with van der Waals surface area (Å²) in [5, 5.41) is 17.7. The largest absolute Gasteiger partial charge is 0.480 e. The molecule has 38 heavy (non-hydrogen) atoms. The zero-order chi connectivity index (χ0) is 28.3. The standard InChI is InChI=1S/2C13H12Cl2O4/c2*1-2-6-3-7-4-8(19-5-9(16)17)11(14)12(15)10(7)13(6)18/h2*4,6H,2-3,5H2,1H3,(H,16,17). The van der Waals surface area contributed by atoms with E-state index in [1.54, 1.807) is 12.1 Å². The van der Waals surface area contributed by atoms with Gasteiger partial charge in [0.15, 0.2) is 24.8 Å². The number of carboxylic acids is 2. The molecule has 0 saturated carbocycles. The third-order valence-corrected chi connectivity index (χ3v) is 8.06. The minimum atomic E-state index is -1.10. The first-order valence-corrected chi connectivity index (χ1v) is 13.2. The number of carbonyl (C=O) groups is 4. The van der Waals surface area contributed by atoms with Crippen LogP contribution in [0.25, 0.3) is 0 Å². The second-order valence-electron chi connectivity index (χ2n) is 8.79. The number of aliphatic carboxylic acids is 2. The van der Waals surface area contributed by atoms with Crippen molar-refractivity contribution in [3.8, 4) is 11.5 Å². The third kappa shape index (κ3) is 6.20. The van der Waals surface area contributed by atoms with Gasteiger partial charge in [0.05, 0.1) is 10.0 Å². The molecule has 2 N–H and O–H groups in total. The maximum Gasteiger partial charge on any atom is 0.341 e. The highest BCUT2D eigenvalue weighted by atomic mass is 35.5. The molecule has 2 aliphatic rings. The smallest absolute Gasteiger partial charge is 0.341 e. The van der Waals surface area contributed by atoms with Crippen LogP contribution < -0.4 is 9.47 Å². The van der Waals surface area contributed by atoms with Gasteiger partial charge >= 0.3 is 11.9 Å². The van der Waals surface area contributed by atoms with Gasteiger partial charge in [0.1, 0.15) is 21.5 Å². The molecular weight excluding hydrogens is 582 g/mol. The van der Waals surface area contributed by atoms with Gasteiger partial charge in [-0.2, -0.15) is 0 Å².